The maximum atomic E-state index is 11.3. The highest BCUT2D eigenvalue weighted by Crippen LogP contribution is 2.41. The summed E-state index contributed by atoms with van der Waals surface area (Å²) >= 11 is 1.07. The van der Waals surface area contributed by atoms with Gasteiger partial charge in [-0.05, 0) is 6.42 Å². The van der Waals surface area contributed by atoms with Crippen molar-refractivity contribution in [3.05, 3.63) is 0 Å². The zero-order valence-electron chi connectivity index (χ0n) is 8.44. The van der Waals surface area contributed by atoms with E-state index in [0.717, 1.165) is 11.8 Å². The van der Waals surface area contributed by atoms with Gasteiger partial charge in [-0.1, -0.05) is 20.8 Å². The van der Waals surface area contributed by atoms with Crippen LogP contribution < -0.4 is 0 Å². The Labute approximate surface area is 87.0 Å². The Balaban J connectivity index is 2.92. The minimum absolute atomic E-state index is 0.0625. The highest BCUT2D eigenvalue weighted by atomic mass is 32.2. The summed E-state index contributed by atoms with van der Waals surface area (Å²) in [4.78, 5) is 20.8. The van der Waals surface area contributed by atoms with Crippen molar-refractivity contribution in [2.24, 2.45) is 5.92 Å². The molecular formula is C9H14O4S. The van der Waals surface area contributed by atoms with Crippen LogP contribution in [-0.2, 0) is 14.3 Å². The first-order chi connectivity index (χ1) is 6.41. The normalized spacial score (nSPS) is 32.5. The fourth-order valence-corrected chi connectivity index (χ4v) is 2.75. The molecule has 0 aromatic heterocycles. The van der Waals surface area contributed by atoms with Crippen LogP contribution in [0, 0.1) is 5.92 Å². The lowest BCUT2D eigenvalue weighted by atomic mass is 10.0. The maximum absolute atomic E-state index is 11.3. The van der Waals surface area contributed by atoms with Gasteiger partial charge in [-0.15, -0.1) is 11.8 Å². The molecule has 1 fully saturated rings. The Morgan fingerprint density at radius 2 is 2.14 bits per heavy atom. The highest BCUT2D eigenvalue weighted by molar-refractivity contribution is 8.01. The Hall–Kier alpha value is -0.550. The third-order valence-electron chi connectivity index (χ3n) is 2.07. The Morgan fingerprint density at radius 3 is 2.57 bits per heavy atom. The first kappa shape index (κ1) is 11.5. The molecule has 2 unspecified atom stereocenters. The standard InChI is InChI=1S/C9H14O4S/c1-4-6-7(10)13-8(11)9(6,12)14-5(2)3/h5-6,12H,4H2,1-3H3. The average Bonchev–Trinajstić information content (AvgIpc) is 2.21. The molecule has 1 heterocycles. The average molecular weight is 218 g/mol. The number of cyclic esters (lactones) is 2. The smallest absolute Gasteiger partial charge is 0.357 e. The molecule has 1 N–H and O–H groups in total. The van der Waals surface area contributed by atoms with Crippen LogP contribution in [0.4, 0.5) is 0 Å². The predicted molar refractivity (Wildman–Crippen MR) is 52.6 cm³/mol. The summed E-state index contributed by atoms with van der Waals surface area (Å²) in [5.41, 5.74) is 0. The molecule has 1 rings (SSSR count). The van der Waals surface area contributed by atoms with Crippen molar-refractivity contribution in [2.45, 2.75) is 37.4 Å². The van der Waals surface area contributed by atoms with Crippen molar-refractivity contribution in [3.63, 3.8) is 0 Å². The van der Waals surface area contributed by atoms with E-state index in [-0.39, 0.29) is 5.25 Å². The zero-order valence-corrected chi connectivity index (χ0v) is 9.26. The Bertz CT molecular complexity index is 264. The van der Waals surface area contributed by atoms with Crippen molar-refractivity contribution in [2.75, 3.05) is 0 Å². The molecule has 0 aromatic rings. The summed E-state index contributed by atoms with van der Waals surface area (Å²) in [6.07, 6.45) is 0.404. The van der Waals surface area contributed by atoms with E-state index >= 15 is 0 Å². The molecule has 2 atom stereocenters. The lowest BCUT2D eigenvalue weighted by molar-refractivity contribution is -0.155. The topological polar surface area (TPSA) is 63.6 Å². The third-order valence-corrected chi connectivity index (χ3v) is 3.35. The predicted octanol–water partition coefficient (Wildman–Crippen LogP) is 0.926. The number of esters is 2. The van der Waals surface area contributed by atoms with E-state index in [1.54, 1.807) is 6.92 Å². The van der Waals surface area contributed by atoms with Crippen LogP contribution in [0.1, 0.15) is 27.2 Å². The van der Waals surface area contributed by atoms with Gasteiger partial charge in [-0.2, -0.15) is 0 Å². The van der Waals surface area contributed by atoms with E-state index < -0.39 is 22.8 Å². The third kappa shape index (κ3) is 1.79. The second-order valence-corrected chi connectivity index (χ2v) is 5.33. The minimum Gasteiger partial charge on any atom is -0.390 e. The van der Waals surface area contributed by atoms with E-state index in [2.05, 4.69) is 4.74 Å². The number of thioether (sulfide) groups is 1. The number of hydrogen-bond acceptors (Lipinski definition) is 5. The quantitative estimate of drug-likeness (QED) is 0.433. The van der Waals surface area contributed by atoms with Crippen molar-refractivity contribution in [1.82, 2.24) is 0 Å². The molecule has 1 aliphatic rings. The zero-order chi connectivity index (χ0) is 10.9. The van der Waals surface area contributed by atoms with Gasteiger partial charge in [0.2, 0.25) is 4.93 Å². The Morgan fingerprint density at radius 1 is 1.57 bits per heavy atom. The lowest BCUT2D eigenvalue weighted by Gasteiger charge is -2.23. The Kier molecular flexibility index (Phi) is 3.21. The van der Waals surface area contributed by atoms with Crippen LogP contribution in [0.3, 0.4) is 0 Å². The molecule has 0 aliphatic carbocycles. The van der Waals surface area contributed by atoms with Gasteiger partial charge in [0.1, 0.15) is 5.92 Å². The monoisotopic (exact) mass is 218 g/mol. The molecule has 0 saturated carbocycles. The van der Waals surface area contributed by atoms with Crippen LogP contribution >= 0.6 is 11.8 Å². The second-order valence-electron chi connectivity index (χ2n) is 3.53. The van der Waals surface area contributed by atoms with E-state index in [1.165, 1.54) is 0 Å². The van der Waals surface area contributed by atoms with Crippen molar-refractivity contribution in [1.29, 1.82) is 0 Å². The van der Waals surface area contributed by atoms with Crippen LogP contribution in [0.15, 0.2) is 0 Å². The van der Waals surface area contributed by atoms with Crippen LogP contribution in [0.25, 0.3) is 0 Å². The summed E-state index contributed by atoms with van der Waals surface area (Å²) in [5.74, 6) is -2.18. The molecule has 80 valence electrons. The van der Waals surface area contributed by atoms with Crippen molar-refractivity contribution >= 4 is 23.7 Å². The molecule has 0 amide bonds. The summed E-state index contributed by atoms with van der Waals surface area (Å²) in [6, 6.07) is 0. The second kappa shape index (κ2) is 3.90. The number of carbonyl (C=O) groups excluding carboxylic acids is 2. The number of rotatable bonds is 3. The molecule has 0 radical (unpaired) electrons. The van der Waals surface area contributed by atoms with Crippen molar-refractivity contribution < 1.29 is 19.4 Å². The largest absolute Gasteiger partial charge is 0.390 e. The first-order valence-electron chi connectivity index (χ1n) is 4.58. The number of hydrogen-bond donors (Lipinski definition) is 1. The van der Waals surface area contributed by atoms with E-state index in [4.69, 9.17) is 0 Å². The summed E-state index contributed by atoms with van der Waals surface area (Å²) < 4.78 is 4.43. The molecule has 1 saturated heterocycles. The van der Waals surface area contributed by atoms with E-state index in [0.29, 0.717) is 6.42 Å². The summed E-state index contributed by atoms with van der Waals surface area (Å²) in [5, 5.41) is 10.1. The summed E-state index contributed by atoms with van der Waals surface area (Å²) in [7, 11) is 0. The van der Waals surface area contributed by atoms with Gasteiger partial charge in [-0.3, -0.25) is 4.79 Å². The number of carbonyl (C=O) groups is 2. The molecule has 1 aliphatic heterocycles. The number of ether oxygens (including phenoxy) is 1. The van der Waals surface area contributed by atoms with Gasteiger partial charge in [-0.25, -0.2) is 4.79 Å². The molecule has 0 aromatic carbocycles. The van der Waals surface area contributed by atoms with Gasteiger partial charge in [0.15, 0.2) is 0 Å². The molecule has 4 nitrogen and oxygen atoms in total. The van der Waals surface area contributed by atoms with Gasteiger partial charge in [0, 0.05) is 5.25 Å². The van der Waals surface area contributed by atoms with Gasteiger partial charge < -0.3 is 9.84 Å². The molecule has 0 spiro atoms. The SMILES string of the molecule is CCC1C(=O)OC(=O)C1(O)SC(C)C. The fourth-order valence-electron chi connectivity index (χ4n) is 1.47. The summed E-state index contributed by atoms with van der Waals surface area (Å²) in [6.45, 7) is 5.45. The first-order valence-corrected chi connectivity index (χ1v) is 5.46. The van der Waals surface area contributed by atoms with Crippen LogP contribution in [-0.4, -0.2) is 27.2 Å². The van der Waals surface area contributed by atoms with E-state index in [9.17, 15) is 14.7 Å². The molecule has 14 heavy (non-hydrogen) atoms. The van der Waals surface area contributed by atoms with Crippen molar-refractivity contribution in [3.8, 4) is 0 Å². The van der Waals surface area contributed by atoms with Gasteiger partial charge in [0.25, 0.3) is 0 Å². The highest BCUT2D eigenvalue weighted by Gasteiger charge is 2.56. The number of aliphatic hydroxyl groups is 1. The van der Waals surface area contributed by atoms with Gasteiger partial charge >= 0.3 is 11.9 Å². The van der Waals surface area contributed by atoms with Crippen LogP contribution in [0.5, 0.6) is 0 Å². The van der Waals surface area contributed by atoms with Crippen LogP contribution in [0.2, 0.25) is 0 Å². The molecule has 0 bridgehead atoms. The van der Waals surface area contributed by atoms with E-state index in [1.807, 2.05) is 13.8 Å². The molecule has 5 heteroatoms. The maximum Gasteiger partial charge on any atom is 0.357 e. The fraction of sp³-hybridized carbons (Fsp3) is 0.778. The lowest BCUT2D eigenvalue weighted by Crippen LogP contribution is -2.38. The van der Waals surface area contributed by atoms with Gasteiger partial charge in [0.05, 0.1) is 0 Å². The minimum atomic E-state index is -1.68. The molecular weight excluding hydrogens is 204 g/mol.